The minimum absolute atomic E-state index is 0.0458. The van der Waals surface area contributed by atoms with Crippen molar-refractivity contribution in [3.8, 4) is 27.9 Å². The molecule has 52 heavy (non-hydrogen) atoms. The van der Waals surface area contributed by atoms with Crippen LogP contribution in [0.5, 0.6) is 0 Å². The van der Waals surface area contributed by atoms with Crippen molar-refractivity contribution in [3.05, 3.63) is 200 Å². The summed E-state index contributed by atoms with van der Waals surface area (Å²) in [5.74, 6) is 0. The molecule has 7 aromatic carbocycles. The average molecular weight is 671 g/mol. The Bertz CT molecular complexity index is 2530. The fraction of sp³-hybridized carbons (Fsp3) is 0.0800. The lowest BCUT2D eigenvalue weighted by atomic mass is 9.86. The Morgan fingerprint density at radius 3 is 1.73 bits per heavy atom. The molecule has 0 aliphatic rings. The number of fused-ring (bicyclic) bond motifs is 3. The Labute approximate surface area is 307 Å². The summed E-state index contributed by atoms with van der Waals surface area (Å²) in [6.45, 7) is 10.7. The van der Waals surface area contributed by atoms with Crippen LogP contribution in [-0.2, 0) is 5.41 Å². The summed E-state index contributed by atoms with van der Waals surface area (Å²) < 4.78 is 2.39. The zero-order valence-electron chi connectivity index (χ0n) is 30.0. The molecule has 0 saturated carbocycles. The van der Waals surface area contributed by atoms with Crippen LogP contribution in [0.4, 0.5) is 17.1 Å². The molecule has 8 rings (SSSR count). The normalized spacial score (nSPS) is 11.8. The SMILES string of the molecule is C=C/C=C/c1ccc(N(c2ccc(-c3ccccc3)cc2)c2cccc(-c3ccc4c(c3)c3cc(C(C)(C)C)ccc3n4-c3ccccc3)c2)cc1. The van der Waals surface area contributed by atoms with Crippen LogP contribution >= 0.6 is 0 Å². The molecule has 8 aromatic rings. The van der Waals surface area contributed by atoms with Crippen molar-refractivity contribution in [1.29, 1.82) is 0 Å². The van der Waals surface area contributed by atoms with E-state index in [-0.39, 0.29) is 5.41 Å². The Kier molecular flexibility index (Phi) is 8.66. The van der Waals surface area contributed by atoms with Crippen molar-refractivity contribution >= 4 is 44.9 Å². The van der Waals surface area contributed by atoms with Gasteiger partial charge in [0.25, 0.3) is 0 Å². The topological polar surface area (TPSA) is 8.17 Å². The fourth-order valence-electron chi connectivity index (χ4n) is 7.14. The van der Waals surface area contributed by atoms with E-state index in [2.05, 4.69) is 213 Å². The summed E-state index contributed by atoms with van der Waals surface area (Å²) in [4.78, 5) is 2.34. The van der Waals surface area contributed by atoms with Crippen molar-refractivity contribution < 1.29 is 0 Å². The van der Waals surface area contributed by atoms with Crippen molar-refractivity contribution in [2.45, 2.75) is 26.2 Å². The van der Waals surface area contributed by atoms with Gasteiger partial charge in [0.2, 0.25) is 0 Å². The van der Waals surface area contributed by atoms with E-state index in [1.165, 1.54) is 55.3 Å². The average Bonchev–Trinajstić information content (AvgIpc) is 3.51. The van der Waals surface area contributed by atoms with Gasteiger partial charge in [-0.3, -0.25) is 0 Å². The standard InChI is InChI=1S/C50H42N2/c1-5-6-14-36-21-27-43(28-22-36)51(44-29-23-38(24-30-44)37-15-9-7-10-16-37)45-20-13-17-39(33-45)40-25-31-48-46(34-40)47-35-41(50(2,3)4)26-32-49(47)52(48)42-18-11-8-12-19-42/h5-35H,1H2,2-4H3/b14-6+. The summed E-state index contributed by atoms with van der Waals surface area (Å²) in [6, 6.07) is 61.6. The van der Waals surface area contributed by atoms with Gasteiger partial charge in [0.1, 0.15) is 0 Å². The lowest BCUT2D eigenvalue weighted by Gasteiger charge is -2.26. The Morgan fingerprint density at radius 1 is 0.500 bits per heavy atom. The lowest BCUT2D eigenvalue weighted by Crippen LogP contribution is -2.10. The molecule has 0 spiro atoms. The second kappa shape index (κ2) is 13.7. The molecule has 252 valence electrons. The van der Waals surface area contributed by atoms with E-state index >= 15 is 0 Å². The molecule has 1 heterocycles. The number of nitrogens with zero attached hydrogens (tertiary/aromatic N) is 2. The third kappa shape index (κ3) is 6.36. The van der Waals surface area contributed by atoms with Crippen LogP contribution in [0.25, 0.3) is 55.8 Å². The number of hydrogen-bond acceptors (Lipinski definition) is 1. The van der Waals surface area contributed by atoms with Gasteiger partial charge >= 0.3 is 0 Å². The summed E-state index contributed by atoms with van der Waals surface area (Å²) in [6.07, 6.45) is 5.85. The maximum absolute atomic E-state index is 3.83. The quantitative estimate of drug-likeness (QED) is 0.146. The minimum Gasteiger partial charge on any atom is -0.310 e. The van der Waals surface area contributed by atoms with Gasteiger partial charge < -0.3 is 9.47 Å². The van der Waals surface area contributed by atoms with E-state index in [1.54, 1.807) is 6.08 Å². The Balaban J connectivity index is 1.25. The first kappa shape index (κ1) is 32.8. The molecule has 0 fully saturated rings. The van der Waals surface area contributed by atoms with Crippen LogP contribution in [0, 0.1) is 0 Å². The molecule has 0 aliphatic heterocycles. The first-order chi connectivity index (χ1) is 25.4. The summed E-state index contributed by atoms with van der Waals surface area (Å²) in [7, 11) is 0. The molecule has 0 unspecified atom stereocenters. The molecule has 0 bridgehead atoms. The molecule has 0 N–H and O–H groups in total. The van der Waals surface area contributed by atoms with Crippen molar-refractivity contribution in [3.63, 3.8) is 0 Å². The first-order valence-corrected chi connectivity index (χ1v) is 18.0. The third-order valence-electron chi connectivity index (χ3n) is 9.89. The van der Waals surface area contributed by atoms with Gasteiger partial charge in [-0.2, -0.15) is 0 Å². The number of benzene rings is 7. The van der Waals surface area contributed by atoms with Crippen LogP contribution in [-0.4, -0.2) is 4.57 Å². The van der Waals surface area contributed by atoms with Crippen LogP contribution in [0.3, 0.4) is 0 Å². The maximum atomic E-state index is 3.83. The highest BCUT2D eigenvalue weighted by molar-refractivity contribution is 6.11. The van der Waals surface area contributed by atoms with E-state index in [9.17, 15) is 0 Å². The molecule has 0 radical (unpaired) electrons. The van der Waals surface area contributed by atoms with Crippen LogP contribution in [0.1, 0.15) is 31.9 Å². The molecule has 2 heteroatoms. The number of aromatic nitrogens is 1. The van der Waals surface area contributed by atoms with Gasteiger partial charge in [-0.05, 0) is 112 Å². The predicted molar refractivity (Wildman–Crippen MR) is 224 cm³/mol. The van der Waals surface area contributed by atoms with Gasteiger partial charge in [0.05, 0.1) is 11.0 Å². The lowest BCUT2D eigenvalue weighted by molar-refractivity contribution is 0.591. The summed E-state index contributed by atoms with van der Waals surface area (Å²) in [5.41, 5.74) is 14.2. The van der Waals surface area contributed by atoms with Crippen molar-refractivity contribution in [2.75, 3.05) is 4.90 Å². The molecule has 0 saturated heterocycles. The van der Waals surface area contributed by atoms with Crippen molar-refractivity contribution in [2.24, 2.45) is 0 Å². The monoisotopic (exact) mass is 670 g/mol. The largest absolute Gasteiger partial charge is 0.310 e. The molecule has 2 nitrogen and oxygen atoms in total. The Hall–Kier alpha value is -6.38. The van der Waals surface area contributed by atoms with Crippen LogP contribution in [0.2, 0.25) is 0 Å². The highest BCUT2D eigenvalue weighted by atomic mass is 15.1. The van der Waals surface area contributed by atoms with Gasteiger partial charge in [-0.25, -0.2) is 0 Å². The van der Waals surface area contributed by atoms with E-state index in [0.717, 1.165) is 22.6 Å². The molecule has 1 aromatic heterocycles. The van der Waals surface area contributed by atoms with E-state index in [1.807, 2.05) is 6.08 Å². The molecular formula is C50H42N2. The number of para-hydroxylation sites is 1. The van der Waals surface area contributed by atoms with E-state index < -0.39 is 0 Å². The predicted octanol–water partition coefficient (Wildman–Crippen LogP) is 14.1. The van der Waals surface area contributed by atoms with Crippen LogP contribution in [0.15, 0.2) is 189 Å². The van der Waals surface area contributed by atoms with Crippen LogP contribution < -0.4 is 4.90 Å². The minimum atomic E-state index is 0.0458. The summed E-state index contributed by atoms with van der Waals surface area (Å²) >= 11 is 0. The highest BCUT2D eigenvalue weighted by Crippen LogP contribution is 2.40. The zero-order chi connectivity index (χ0) is 35.7. The van der Waals surface area contributed by atoms with Gasteiger partial charge in [0, 0.05) is 33.5 Å². The molecular weight excluding hydrogens is 629 g/mol. The fourth-order valence-corrected chi connectivity index (χ4v) is 7.14. The number of allylic oxidation sites excluding steroid dienone is 2. The van der Waals surface area contributed by atoms with E-state index in [0.29, 0.717) is 0 Å². The first-order valence-electron chi connectivity index (χ1n) is 18.0. The summed E-state index contributed by atoms with van der Waals surface area (Å²) in [5, 5.41) is 2.53. The highest BCUT2D eigenvalue weighted by Gasteiger charge is 2.19. The van der Waals surface area contributed by atoms with Gasteiger partial charge in [-0.15, -0.1) is 0 Å². The zero-order valence-corrected chi connectivity index (χ0v) is 30.0. The number of anilines is 3. The number of rotatable bonds is 8. The molecule has 0 amide bonds. The molecule has 0 atom stereocenters. The second-order valence-electron chi connectivity index (χ2n) is 14.4. The Morgan fingerprint density at radius 2 is 1.06 bits per heavy atom. The number of hydrogen-bond donors (Lipinski definition) is 0. The van der Waals surface area contributed by atoms with Gasteiger partial charge in [0.15, 0.2) is 0 Å². The van der Waals surface area contributed by atoms with Crippen molar-refractivity contribution in [1.82, 2.24) is 4.57 Å². The third-order valence-corrected chi connectivity index (χ3v) is 9.89. The smallest absolute Gasteiger partial charge is 0.0541 e. The maximum Gasteiger partial charge on any atom is 0.0541 e. The molecule has 0 aliphatic carbocycles. The second-order valence-corrected chi connectivity index (χ2v) is 14.4. The van der Waals surface area contributed by atoms with E-state index in [4.69, 9.17) is 0 Å². The van der Waals surface area contributed by atoms with Gasteiger partial charge in [-0.1, -0.05) is 143 Å².